The van der Waals surface area contributed by atoms with E-state index in [1.54, 1.807) is 7.11 Å². The van der Waals surface area contributed by atoms with Gasteiger partial charge in [-0.3, -0.25) is 4.79 Å². The number of hydrogen-bond acceptors (Lipinski definition) is 3. The molecule has 1 heterocycles. The first-order chi connectivity index (χ1) is 7.72. The van der Waals surface area contributed by atoms with Crippen molar-refractivity contribution in [3.05, 3.63) is 0 Å². The summed E-state index contributed by atoms with van der Waals surface area (Å²) in [6.07, 6.45) is 4.30. The van der Waals surface area contributed by atoms with E-state index in [9.17, 15) is 4.79 Å². The molecule has 1 aliphatic heterocycles. The number of methoxy groups -OCH3 is 1. The quantitative estimate of drug-likeness (QED) is 0.764. The summed E-state index contributed by atoms with van der Waals surface area (Å²) in [5.74, 6) is 0.750. The van der Waals surface area contributed by atoms with E-state index in [2.05, 4.69) is 0 Å². The van der Waals surface area contributed by atoms with Crippen LogP contribution < -0.4 is 5.73 Å². The van der Waals surface area contributed by atoms with Crippen LogP contribution in [0, 0.1) is 11.3 Å². The molecule has 2 N–H and O–H groups in total. The number of hydrogen-bond donors (Lipinski definition) is 1. The number of nitrogens with two attached hydrogens (primary N) is 1. The maximum Gasteiger partial charge on any atom is 0.223 e. The summed E-state index contributed by atoms with van der Waals surface area (Å²) in [4.78, 5) is 13.8. The Morgan fingerprint density at radius 2 is 2.31 bits per heavy atom. The fraction of sp³-hybridized carbons (Fsp3) is 0.917. The summed E-state index contributed by atoms with van der Waals surface area (Å²) in [5, 5.41) is 0. The molecule has 4 nitrogen and oxygen atoms in total. The van der Waals surface area contributed by atoms with Crippen molar-refractivity contribution < 1.29 is 9.53 Å². The molecule has 1 unspecified atom stereocenters. The standard InChI is InChI=1S/C12H22N2O2/c1-16-8-10-7-14(11(15)3-6-13)9-12(10)4-2-5-12/h10H,2-9,13H2,1H3. The smallest absolute Gasteiger partial charge is 0.223 e. The molecule has 1 amide bonds. The van der Waals surface area contributed by atoms with E-state index in [1.165, 1.54) is 19.3 Å². The van der Waals surface area contributed by atoms with Gasteiger partial charge in [0.05, 0.1) is 6.61 Å². The Morgan fingerprint density at radius 3 is 2.81 bits per heavy atom. The Bertz CT molecular complexity index is 264. The van der Waals surface area contributed by atoms with Gasteiger partial charge in [-0.05, 0) is 18.3 Å². The number of ether oxygens (including phenoxy) is 1. The van der Waals surface area contributed by atoms with Crippen LogP contribution in [0.5, 0.6) is 0 Å². The van der Waals surface area contributed by atoms with Crippen molar-refractivity contribution in [1.82, 2.24) is 4.90 Å². The second-order valence-electron chi connectivity index (χ2n) is 5.18. The average molecular weight is 226 g/mol. The number of carbonyl (C=O) groups is 1. The lowest BCUT2D eigenvalue weighted by Crippen LogP contribution is -2.39. The van der Waals surface area contributed by atoms with Crippen LogP contribution >= 0.6 is 0 Å². The first kappa shape index (κ1) is 11.9. The van der Waals surface area contributed by atoms with Crippen molar-refractivity contribution in [2.45, 2.75) is 25.7 Å². The van der Waals surface area contributed by atoms with E-state index >= 15 is 0 Å². The minimum absolute atomic E-state index is 0.215. The first-order valence-corrected chi connectivity index (χ1v) is 6.18. The molecule has 0 radical (unpaired) electrons. The normalized spacial score (nSPS) is 27.1. The highest BCUT2D eigenvalue weighted by Gasteiger charge is 2.50. The maximum atomic E-state index is 11.8. The Hall–Kier alpha value is -0.610. The van der Waals surface area contributed by atoms with Crippen LogP contribution in [-0.2, 0) is 9.53 Å². The molecule has 1 saturated heterocycles. The largest absolute Gasteiger partial charge is 0.384 e. The molecule has 2 fully saturated rings. The van der Waals surface area contributed by atoms with Gasteiger partial charge in [0.2, 0.25) is 5.91 Å². The SMILES string of the molecule is COCC1CN(C(=O)CCN)CC12CCC2. The number of nitrogens with zero attached hydrogens (tertiary/aromatic N) is 1. The molecular formula is C12H22N2O2. The van der Waals surface area contributed by atoms with Gasteiger partial charge < -0.3 is 15.4 Å². The number of carbonyl (C=O) groups excluding carboxylic acids is 1. The fourth-order valence-corrected chi connectivity index (χ4v) is 3.13. The molecule has 0 aromatic rings. The van der Waals surface area contributed by atoms with Crippen LogP contribution in [0.2, 0.25) is 0 Å². The Balaban J connectivity index is 1.98. The van der Waals surface area contributed by atoms with E-state index in [1.807, 2.05) is 4.90 Å². The Labute approximate surface area is 97.1 Å². The van der Waals surface area contributed by atoms with Crippen molar-refractivity contribution in [2.75, 3.05) is 33.4 Å². The molecule has 0 bridgehead atoms. The molecule has 1 atom stereocenters. The predicted octanol–water partition coefficient (Wildman–Crippen LogP) is 0.610. The van der Waals surface area contributed by atoms with Crippen LogP contribution in [0.1, 0.15) is 25.7 Å². The molecule has 2 rings (SSSR count). The summed E-state index contributed by atoms with van der Waals surface area (Å²) in [5.41, 5.74) is 5.81. The van der Waals surface area contributed by atoms with Crippen molar-refractivity contribution >= 4 is 5.91 Å². The molecule has 16 heavy (non-hydrogen) atoms. The third kappa shape index (κ3) is 1.96. The minimum atomic E-state index is 0.215. The van der Waals surface area contributed by atoms with E-state index in [0.29, 0.717) is 24.3 Å². The minimum Gasteiger partial charge on any atom is -0.384 e. The van der Waals surface area contributed by atoms with Gasteiger partial charge in [-0.1, -0.05) is 6.42 Å². The van der Waals surface area contributed by atoms with Gasteiger partial charge >= 0.3 is 0 Å². The summed E-state index contributed by atoms with van der Waals surface area (Å²) in [7, 11) is 1.75. The van der Waals surface area contributed by atoms with Gasteiger partial charge in [-0.15, -0.1) is 0 Å². The number of rotatable bonds is 4. The Morgan fingerprint density at radius 1 is 1.56 bits per heavy atom. The number of likely N-dealkylation sites (tertiary alicyclic amines) is 1. The Kier molecular flexibility index (Phi) is 3.50. The highest BCUT2D eigenvalue weighted by molar-refractivity contribution is 5.76. The maximum absolute atomic E-state index is 11.8. The zero-order valence-corrected chi connectivity index (χ0v) is 10.1. The monoisotopic (exact) mass is 226 g/mol. The van der Waals surface area contributed by atoms with Crippen LogP contribution in [0.15, 0.2) is 0 Å². The van der Waals surface area contributed by atoms with Crippen molar-refractivity contribution in [3.63, 3.8) is 0 Å². The zero-order chi connectivity index (χ0) is 11.6. The molecule has 0 aromatic carbocycles. The first-order valence-electron chi connectivity index (χ1n) is 6.18. The number of amides is 1. The predicted molar refractivity (Wildman–Crippen MR) is 61.9 cm³/mol. The average Bonchev–Trinajstić information content (AvgIpc) is 2.58. The van der Waals surface area contributed by atoms with Crippen LogP contribution in [0.4, 0.5) is 0 Å². The van der Waals surface area contributed by atoms with E-state index in [0.717, 1.165) is 19.7 Å². The van der Waals surface area contributed by atoms with Gasteiger partial charge in [-0.2, -0.15) is 0 Å². The second kappa shape index (κ2) is 4.72. The molecule has 92 valence electrons. The summed E-state index contributed by atoms with van der Waals surface area (Å²) >= 11 is 0. The molecule has 4 heteroatoms. The van der Waals surface area contributed by atoms with Crippen molar-refractivity contribution in [1.29, 1.82) is 0 Å². The molecule has 2 aliphatic rings. The van der Waals surface area contributed by atoms with Crippen LogP contribution in [0.25, 0.3) is 0 Å². The van der Waals surface area contributed by atoms with Crippen LogP contribution in [-0.4, -0.2) is 44.2 Å². The molecule has 1 spiro atoms. The van der Waals surface area contributed by atoms with Gasteiger partial charge in [0.25, 0.3) is 0 Å². The second-order valence-corrected chi connectivity index (χ2v) is 5.18. The summed E-state index contributed by atoms with van der Waals surface area (Å²) in [6, 6.07) is 0. The van der Waals surface area contributed by atoms with E-state index in [-0.39, 0.29) is 5.91 Å². The van der Waals surface area contributed by atoms with E-state index in [4.69, 9.17) is 10.5 Å². The zero-order valence-electron chi connectivity index (χ0n) is 10.1. The molecular weight excluding hydrogens is 204 g/mol. The van der Waals surface area contributed by atoms with Gasteiger partial charge in [0.15, 0.2) is 0 Å². The summed E-state index contributed by atoms with van der Waals surface area (Å²) in [6.45, 7) is 3.04. The molecule has 0 aromatic heterocycles. The molecule has 1 aliphatic carbocycles. The van der Waals surface area contributed by atoms with Crippen LogP contribution in [0.3, 0.4) is 0 Å². The van der Waals surface area contributed by atoms with Gasteiger partial charge in [-0.25, -0.2) is 0 Å². The lowest BCUT2D eigenvalue weighted by molar-refractivity contribution is -0.130. The van der Waals surface area contributed by atoms with E-state index < -0.39 is 0 Å². The summed E-state index contributed by atoms with van der Waals surface area (Å²) < 4.78 is 5.28. The molecule has 1 saturated carbocycles. The highest BCUT2D eigenvalue weighted by atomic mass is 16.5. The van der Waals surface area contributed by atoms with Crippen molar-refractivity contribution in [2.24, 2.45) is 17.1 Å². The lowest BCUT2D eigenvalue weighted by Gasteiger charge is -2.42. The highest BCUT2D eigenvalue weighted by Crippen LogP contribution is 2.51. The van der Waals surface area contributed by atoms with Gasteiger partial charge in [0.1, 0.15) is 0 Å². The fourth-order valence-electron chi connectivity index (χ4n) is 3.13. The topological polar surface area (TPSA) is 55.6 Å². The lowest BCUT2D eigenvalue weighted by atomic mass is 9.63. The van der Waals surface area contributed by atoms with Crippen molar-refractivity contribution in [3.8, 4) is 0 Å². The third-order valence-corrected chi connectivity index (χ3v) is 4.24. The van der Waals surface area contributed by atoms with Gasteiger partial charge in [0, 0.05) is 39.1 Å². The third-order valence-electron chi connectivity index (χ3n) is 4.24.